The third-order valence-corrected chi connectivity index (χ3v) is 5.47. The number of likely N-dealkylation sites (N-methyl/N-ethyl adjacent to an activating group) is 1. The predicted molar refractivity (Wildman–Crippen MR) is 90.3 cm³/mol. The number of nitrogens with zero attached hydrogens (tertiary/aromatic N) is 1. The maximum Gasteiger partial charge on any atom is 0.0357 e. The predicted octanol–water partition coefficient (Wildman–Crippen LogP) is 4.45. The highest BCUT2D eigenvalue weighted by molar-refractivity contribution is 4.99. The molecule has 1 atom stereocenters. The van der Waals surface area contributed by atoms with Gasteiger partial charge < -0.3 is 5.32 Å². The largest absolute Gasteiger partial charge is 0.312 e. The zero-order valence-corrected chi connectivity index (χ0v) is 14.7. The van der Waals surface area contributed by atoms with Crippen LogP contribution in [0.25, 0.3) is 0 Å². The molecule has 0 amide bonds. The van der Waals surface area contributed by atoms with Gasteiger partial charge in [-0.2, -0.15) is 0 Å². The van der Waals surface area contributed by atoms with Gasteiger partial charge in [0.25, 0.3) is 0 Å². The first-order valence-corrected chi connectivity index (χ1v) is 9.16. The van der Waals surface area contributed by atoms with Crippen molar-refractivity contribution in [1.29, 1.82) is 0 Å². The first kappa shape index (κ1) is 18.0. The van der Waals surface area contributed by atoms with Crippen molar-refractivity contribution in [2.75, 3.05) is 19.6 Å². The van der Waals surface area contributed by atoms with Crippen LogP contribution in [-0.2, 0) is 0 Å². The van der Waals surface area contributed by atoms with E-state index in [1.165, 1.54) is 64.6 Å². The zero-order valence-electron chi connectivity index (χ0n) is 14.7. The van der Waals surface area contributed by atoms with E-state index in [4.69, 9.17) is 0 Å². The van der Waals surface area contributed by atoms with Gasteiger partial charge in [-0.1, -0.05) is 47.5 Å². The van der Waals surface area contributed by atoms with Gasteiger partial charge in [0.1, 0.15) is 0 Å². The van der Waals surface area contributed by atoms with E-state index in [0.717, 1.165) is 5.92 Å². The lowest BCUT2D eigenvalue weighted by Gasteiger charge is -2.48. The topological polar surface area (TPSA) is 15.3 Å². The van der Waals surface area contributed by atoms with E-state index >= 15 is 0 Å². The summed E-state index contributed by atoms with van der Waals surface area (Å²) in [6, 6.07) is 0.665. The van der Waals surface area contributed by atoms with Crippen molar-refractivity contribution in [2.24, 2.45) is 5.92 Å². The fourth-order valence-electron chi connectivity index (χ4n) is 3.95. The van der Waals surface area contributed by atoms with Gasteiger partial charge in [0.2, 0.25) is 0 Å². The Balaban J connectivity index is 2.81. The lowest BCUT2D eigenvalue weighted by molar-refractivity contribution is 0.0448. The summed E-state index contributed by atoms with van der Waals surface area (Å²) in [5.74, 6) is 1.05. The van der Waals surface area contributed by atoms with Gasteiger partial charge in [-0.25, -0.2) is 0 Å². The molecule has 2 nitrogen and oxygen atoms in total. The van der Waals surface area contributed by atoms with Gasteiger partial charge in [0, 0.05) is 11.6 Å². The van der Waals surface area contributed by atoms with Crippen molar-refractivity contribution < 1.29 is 0 Å². The Kier molecular flexibility index (Phi) is 8.13. The first-order chi connectivity index (χ1) is 9.68. The third-order valence-electron chi connectivity index (χ3n) is 5.47. The molecule has 120 valence electrons. The fraction of sp³-hybridized carbons (Fsp3) is 1.00. The van der Waals surface area contributed by atoms with Gasteiger partial charge >= 0.3 is 0 Å². The molecule has 0 heterocycles. The molecule has 0 radical (unpaired) electrons. The van der Waals surface area contributed by atoms with E-state index in [1.807, 2.05) is 0 Å². The highest BCUT2D eigenvalue weighted by Crippen LogP contribution is 2.37. The second kappa shape index (κ2) is 9.04. The number of hydrogen-bond donors (Lipinski definition) is 1. The van der Waals surface area contributed by atoms with Crippen molar-refractivity contribution in [3.8, 4) is 0 Å². The average Bonchev–Trinajstić information content (AvgIpc) is 3.30. The second-order valence-corrected chi connectivity index (χ2v) is 6.51. The molecule has 1 aliphatic carbocycles. The molecule has 0 aromatic heterocycles. The Labute approximate surface area is 127 Å². The summed E-state index contributed by atoms with van der Waals surface area (Å²) in [4.78, 5) is 2.72. The molecule has 1 saturated carbocycles. The van der Waals surface area contributed by atoms with E-state index < -0.39 is 0 Å². The summed E-state index contributed by atoms with van der Waals surface area (Å²) < 4.78 is 0. The number of nitrogens with one attached hydrogen (secondary N) is 1. The summed E-state index contributed by atoms with van der Waals surface area (Å²) in [7, 11) is 0. The van der Waals surface area contributed by atoms with E-state index in [-0.39, 0.29) is 0 Å². The Hall–Kier alpha value is -0.0800. The van der Waals surface area contributed by atoms with Crippen molar-refractivity contribution in [1.82, 2.24) is 10.2 Å². The van der Waals surface area contributed by atoms with E-state index in [1.54, 1.807) is 0 Å². The Morgan fingerprint density at radius 1 is 1.05 bits per heavy atom. The van der Waals surface area contributed by atoms with Crippen LogP contribution in [0, 0.1) is 5.92 Å². The molecule has 0 aliphatic heterocycles. The van der Waals surface area contributed by atoms with Crippen molar-refractivity contribution in [3.63, 3.8) is 0 Å². The van der Waals surface area contributed by atoms with Crippen LogP contribution in [0.5, 0.6) is 0 Å². The van der Waals surface area contributed by atoms with E-state index in [9.17, 15) is 0 Å². The zero-order chi connectivity index (χ0) is 15.0. The summed E-state index contributed by atoms with van der Waals surface area (Å²) in [6.07, 6.45) is 9.53. The second-order valence-electron chi connectivity index (χ2n) is 6.51. The summed E-state index contributed by atoms with van der Waals surface area (Å²) in [5.41, 5.74) is 0.355. The van der Waals surface area contributed by atoms with Crippen LogP contribution in [0.15, 0.2) is 0 Å². The molecule has 1 unspecified atom stereocenters. The molecule has 1 aliphatic rings. The highest BCUT2D eigenvalue weighted by atomic mass is 15.2. The minimum Gasteiger partial charge on any atom is -0.312 e. The summed E-state index contributed by atoms with van der Waals surface area (Å²) in [5, 5.41) is 3.90. The van der Waals surface area contributed by atoms with Gasteiger partial charge in [0.15, 0.2) is 0 Å². The molecule has 1 rings (SSSR count). The third kappa shape index (κ3) is 4.46. The van der Waals surface area contributed by atoms with Crippen LogP contribution >= 0.6 is 0 Å². The van der Waals surface area contributed by atoms with Gasteiger partial charge in [-0.15, -0.1) is 0 Å². The van der Waals surface area contributed by atoms with Crippen LogP contribution in [-0.4, -0.2) is 36.1 Å². The average molecular weight is 283 g/mol. The summed E-state index contributed by atoms with van der Waals surface area (Å²) >= 11 is 0. The molecule has 20 heavy (non-hydrogen) atoms. The monoisotopic (exact) mass is 282 g/mol. The molecule has 0 aromatic rings. The van der Waals surface area contributed by atoms with Gasteiger partial charge in [-0.3, -0.25) is 4.90 Å². The maximum atomic E-state index is 3.90. The Morgan fingerprint density at radius 2 is 1.65 bits per heavy atom. The van der Waals surface area contributed by atoms with Crippen LogP contribution in [0.3, 0.4) is 0 Å². The van der Waals surface area contributed by atoms with Gasteiger partial charge in [-0.05, 0) is 57.7 Å². The minimum atomic E-state index is 0.355. The maximum absolute atomic E-state index is 3.90. The lowest BCUT2D eigenvalue weighted by atomic mass is 9.79. The molecule has 0 spiro atoms. The molecule has 2 heteroatoms. The smallest absolute Gasteiger partial charge is 0.0357 e. The summed E-state index contributed by atoms with van der Waals surface area (Å²) in [6.45, 7) is 15.2. The molecule has 1 fully saturated rings. The van der Waals surface area contributed by atoms with Crippen molar-refractivity contribution in [3.05, 3.63) is 0 Å². The molecular formula is C18H38N2. The SMILES string of the molecule is CCCNC(CCC1CC1)C(CC)(CC)N(CC)CC. The van der Waals surface area contributed by atoms with Crippen molar-refractivity contribution in [2.45, 2.75) is 91.1 Å². The van der Waals surface area contributed by atoms with E-state index in [2.05, 4.69) is 44.8 Å². The molecule has 1 N–H and O–H groups in total. The van der Waals surface area contributed by atoms with Crippen LogP contribution in [0.2, 0.25) is 0 Å². The highest BCUT2D eigenvalue weighted by Gasteiger charge is 2.39. The normalized spacial score (nSPS) is 17.7. The fourth-order valence-corrected chi connectivity index (χ4v) is 3.95. The molecule has 0 bridgehead atoms. The van der Waals surface area contributed by atoms with E-state index in [0.29, 0.717) is 11.6 Å². The lowest BCUT2D eigenvalue weighted by Crippen LogP contribution is -2.61. The minimum absolute atomic E-state index is 0.355. The number of rotatable bonds is 12. The van der Waals surface area contributed by atoms with Gasteiger partial charge in [0.05, 0.1) is 0 Å². The van der Waals surface area contributed by atoms with Crippen LogP contribution < -0.4 is 5.32 Å². The molecule has 0 aromatic carbocycles. The Morgan fingerprint density at radius 3 is 2.05 bits per heavy atom. The Bertz CT molecular complexity index is 240. The van der Waals surface area contributed by atoms with Crippen LogP contribution in [0.4, 0.5) is 0 Å². The van der Waals surface area contributed by atoms with Crippen molar-refractivity contribution >= 4 is 0 Å². The molecule has 0 saturated heterocycles. The first-order valence-electron chi connectivity index (χ1n) is 9.16. The number of hydrogen-bond acceptors (Lipinski definition) is 2. The standard InChI is InChI=1S/C18H38N2/c1-6-15-19-17(14-13-16-11-12-16)18(7-2,8-3)20(9-4)10-5/h16-17,19H,6-15H2,1-5H3. The molecular weight excluding hydrogens is 244 g/mol. The quantitative estimate of drug-likeness (QED) is 0.569. The van der Waals surface area contributed by atoms with Crippen LogP contribution in [0.1, 0.15) is 79.6 Å².